The lowest BCUT2D eigenvalue weighted by Crippen LogP contribution is -2.55. The highest BCUT2D eigenvalue weighted by molar-refractivity contribution is 6.31. The first-order chi connectivity index (χ1) is 11.1. The van der Waals surface area contributed by atoms with Crippen LogP contribution in [0.15, 0.2) is 30.9 Å². The van der Waals surface area contributed by atoms with Crippen LogP contribution in [0.25, 0.3) is 0 Å². The summed E-state index contributed by atoms with van der Waals surface area (Å²) in [5, 5.41) is 0.518. The Bertz CT molecular complexity index is 591. The SMILES string of the molecule is C=CC.O=CN1CCN2C(=O)c3cc(Cl)ccc3OCCC2C1. The van der Waals surface area contributed by atoms with Crippen molar-refractivity contribution in [1.29, 1.82) is 0 Å². The summed E-state index contributed by atoms with van der Waals surface area (Å²) in [7, 11) is 0. The molecule has 0 aromatic heterocycles. The molecule has 124 valence electrons. The van der Waals surface area contributed by atoms with Gasteiger partial charge < -0.3 is 14.5 Å². The second-order valence-corrected chi connectivity index (χ2v) is 5.88. The topological polar surface area (TPSA) is 49.9 Å². The molecule has 1 unspecified atom stereocenters. The van der Waals surface area contributed by atoms with Crippen LogP contribution in [-0.4, -0.2) is 54.4 Å². The van der Waals surface area contributed by atoms with Gasteiger partial charge in [0.2, 0.25) is 6.41 Å². The van der Waals surface area contributed by atoms with E-state index in [1.165, 1.54) is 0 Å². The molecule has 2 aliphatic heterocycles. The van der Waals surface area contributed by atoms with Gasteiger partial charge in [0.05, 0.1) is 18.2 Å². The van der Waals surface area contributed by atoms with E-state index in [1.54, 1.807) is 29.2 Å². The van der Waals surface area contributed by atoms with Crippen LogP contribution in [-0.2, 0) is 4.79 Å². The van der Waals surface area contributed by atoms with Crippen LogP contribution in [0, 0.1) is 0 Å². The molecule has 2 amide bonds. The number of hydrogen-bond acceptors (Lipinski definition) is 3. The van der Waals surface area contributed by atoms with Crippen molar-refractivity contribution in [2.24, 2.45) is 0 Å². The molecule has 1 fully saturated rings. The number of nitrogens with zero attached hydrogens (tertiary/aromatic N) is 2. The number of halogens is 1. The fourth-order valence-electron chi connectivity index (χ4n) is 2.74. The molecule has 0 radical (unpaired) electrons. The standard InChI is InChI=1S/C14H15ClN2O3.C3H6/c15-10-1-2-13-12(7-10)14(19)17-5-4-16(9-18)8-11(17)3-6-20-13;1-3-2/h1-2,7,9,11H,3-6,8H2;3H,1H2,2H3. The Hall–Kier alpha value is -2.01. The molecule has 1 atom stereocenters. The van der Waals surface area contributed by atoms with Crippen molar-refractivity contribution in [3.63, 3.8) is 0 Å². The quantitative estimate of drug-likeness (QED) is 0.585. The highest BCUT2D eigenvalue weighted by Crippen LogP contribution is 2.28. The first kappa shape index (κ1) is 17.3. The zero-order chi connectivity index (χ0) is 16.8. The molecule has 6 heteroatoms. The molecule has 1 aromatic rings. The predicted molar refractivity (Wildman–Crippen MR) is 89.9 cm³/mol. The number of carbonyl (C=O) groups is 2. The molecule has 0 N–H and O–H groups in total. The third-order valence-corrected chi connectivity index (χ3v) is 4.04. The number of allylic oxidation sites excluding steroid dienone is 1. The minimum absolute atomic E-state index is 0.00795. The van der Waals surface area contributed by atoms with E-state index in [1.807, 2.05) is 11.8 Å². The fourth-order valence-corrected chi connectivity index (χ4v) is 2.92. The maximum atomic E-state index is 12.7. The van der Waals surface area contributed by atoms with Gasteiger partial charge in [-0.25, -0.2) is 0 Å². The van der Waals surface area contributed by atoms with Crippen molar-refractivity contribution >= 4 is 23.9 Å². The highest BCUT2D eigenvalue weighted by atomic mass is 35.5. The molecule has 3 rings (SSSR count). The second kappa shape index (κ2) is 8.02. The van der Waals surface area contributed by atoms with Gasteiger partial charge in [-0.2, -0.15) is 0 Å². The Labute approximate surface area is 141 Å². The molecule has 2 heterocycles. The average Bonchev–Trinajstić information content (AvgIpc) is 2.55. The zero-order valence-corrected chi connectivity index (χ0v) is 14.0. The van der Waals surface area contributed by atoms with Crippen molar-refractivity contribution in [2.75, 3.05) is 26.2 Å². The maximum absolute atomic E-state index is 12.7. The van der Waals surface area contributed by atoms with Crippen molar-refractivity contribution in [3.8, 4) is 5.75 Å². The number of fused-ring (bicyclic) bond motifs is 2. The Kier molecular flexibility index (Phi) is 6.04. The minimum Gasteiger partial charge on any atom is -0.493 e. The first-order valence-electron chi connectivity index (χ1n) is 7.60. The highest BCUT2D eigenvalue weighted by Gasteiger charge is 2.33. The van der Waals surface area contributed by atoms with Gasteiger partial charge in [-0.1, -0.05) is 17.7 Å². The Morgan fingerprint density at radius 1 is 1.39 bits per heavy atom. The number of carbonyl (C=O) groups excluding carboxylic acids is 2. The summed E-state index contributed by atoms with van der Waals surface area (Å²) in [6, 6.07) is 5.11. The van der Waals surface area contributed by atoms with E-state index < -0.39 is 0 Å². The Balaban J connectivity index is 0.000000595. The molecule has 0 spiro atoms. The van der Waals surface area contributed by atoms with Crippen molar-refractivity contribution in [2.45, 2.75) is 19.4 Å². The van der Waals surface area contributed by atoms with Crippen molar-refractivity contribution in [1.82, 2.24) is 9.80 Å². The molecule has 0 aliphatic carbocycles. The van der Waals surface area contributed by atoms with Crippen LogP contribution >= 0.6 is 11.6 Å². The van der Waals surface area contributed by atoms with Crippen LogP contribution in [0.2, 0.25) is 5.02 Å². The van der Waals surface area contributed by atoms with Gasteiger partial charge in [-0.3, -0.25) is 9.59 Å². The molecular formula is C17H21ClN2O3. The third-order valence-electron chi connectivity index (χ3n) is 3.80. The van der Waals surface area contributed by atoms with E-state index in [4.69, 9.17) is 16.3 Å². The van der Waals surface area contributed by atoms with Gasteiger partial charge in [0.15, 0.2) is 0 Å². The molecule has 1 aromatic carbocycles. The maximum Gasteiger partial charge on any atom is 0.258 e. The van der Waals surface area contributed by atoms with Gasteiger partial charge in [-0.05, 0) is 25.1 Å². The minimum atomic E-state index is -0.0715. The van der Waals surface area contributed by atoms with E-state index in [0.717, 1.165) is 12.8 Å². The van der Waals surface area contributed by atoms with E-state index >= 15 is 0 Å². The average molecular weight is 337 g/mol. The summed E-state index contributed by atoms with van der Waals surface area (Å²) >= 11 is 5.98. The van der Waals surface area contributed by atoms with E-state index in [9.17, 15) is 9.59 Å². The lowest BCUT2D eigenvalue weighted by Gasteiger charge is -2.41. The van der Waals surface area contributed by atoms with Crippen molar-refractivity contribution in [3.05, 3.63) is 41.4 Å². The van der Waals surface area contributed by atoms with Gasteiger partial charge in [0, 0.05) is 31.1 Å². The number of rotatable bonds is 1. The number of hydrogen-bond donors (Lipinski definition) is 0. The summed E-state index contributed by atoms with van der Waals surface area (Å²) in [5.74, 6) is 0.508. The normalized spacial score (nSPS) is 19.9. The summed E-state index contributed by atoms with van der Waals surface area (Å²) < 4.78 is 5.66. The Morgan fingerprint density at radius 3 is 2.83 bits per heavy atom. The number of ether oxygens (including phenoxy) is 1. The van der Waals surface area contributed by atoms with E-state index in [2.05, 4.69) is 6.58 Å². The van der Waals surface area contributed by atoms with Gasteiger partial charge >= 0.3 is 0 Å². The molecular weight excluding hydrogens is 316 g/mol. The third kappa shape index (κ3) is 4.05. The molecule has 2 aliphatic rings. The van der Waals surface area contributed by atoms with E-state index in [0.29, 0.717) is 42.6 Å². The molecule has 1 saturated heterocycles. The number of piperazine rings is 1. The Morgan fingerprint density at radius 2 is 2.13 bits per heavy atom. The lowest BCUT2D eigenvalue weighted by molar-refractivity contribution is -0.120. The summed E-state index contributed by atoms with van der Waals surface area (Å²) in [4.78, 5) is 27.1. The predicted octanol–water partition coefficient (Wildman–Crippen LogP) is 2.60. The van der Waals surface area contributed by atoms with Crippen LogP contribution in [0.4, 0.5) is 0 Å². The molecule has 0 saturated carbocycles. The van der Waals surface area contributed by atoms with Gasteiger partial charge in [-0.15, -0.1) is 6.58 Å². The van der Waals surface area contributed by atoms with Crippen LogP contribution < -0.4 is 4.74 Å². The van der Waals surface area contributed by atoms with Gasteiger partial charge in [0.25, 0.3) is 5.91 Å². The largest absolute Gasteiger partial charge is 0.493 e. The molecule has 0 bridgehead atoms. The zero-order valence-electron chi connectivity index (χ0n) is 13.2. The summed E-state index contributed by atoms with van der Waals surface area (Å²) in [5.41, 5.74) is 0.502. The summed E-state index contributed by atoms with van der Waals surface area (Å²) in [6.45, 7) is 7.46. The fraction of sp³-hybridized carbons (Fsp3) is 0.412. The molecule has 23 heavy (non-hydrogen) atoms. The number of benzene rings is 1. The second-order valence-electron chi connectivity index (χ2n) is 5.44. The van der Waals surface area contributed by atoms with Gasteiger partial charge in [0.1, 0.15) is 5.75 Å². The number of amides is 2. The van der Waals surface area contributed by atoms with Crippen LogP contribution in [0.3, 0.4) is 0 Å². The summed E-state index contributed by atoms with van der Waals surface area (Å²) in [6.07, 6.45) is 3.31. The molecule has 5 nitrogen and oxygen atoms in total. The van der Waals surface area contributed by atoms with Crippen molar-refractivity contribution < 1.29 is 14.3 Å². The smallest absolute Gasteiger partial charge is 0.258 e. The first-order valence-corrected chi connectivity index (χ1v) is 7.98. The van der Waals surface area contributed by atoms with E-state index in [-0.39, 0.29) is 11.9 Å². The lowest BCUT2D eigenvalue weighted by atomic mass is 10.0. The van der Waals surface area contributed by atoms with Crippen LogP contribution in [0.5, 0.6) is 5.75 Å². The van der Waals surface area contributed by atoms with Crippen LogP contribution in [0.1, 0.15) is 23.7 Å². The monoisotopic (exact) mass is 336 g/mol.